The van der Waals surface area contributed by atoms with Gasteiger partial charge in [0.15, 0.2) is 0 Å². The molecular weight excluding hydrogens is 214 g/mol. The molecule has 1 aromatic rings. The first kappa shape index (κ1) is 13.4. The lowest BCUT2D eigenvalue weighted by Gasteiger charge is -1.98. The first-order chi connectivity index (χ1) is 8.34. The van der Waals surface area contributed by atoms with Gasteiger partial charge in [-0.05, 0) is 25.0 Å². The van der Waals surface area contributed by atoms with Gasteiger partial charge in [-0.25, -0.2) is 5.43 Å². The number of aromatic nitrogens is 1. The maximum atomic E-state index is 11.5. The molecule has 0 aliphatic heterocycles. The van der Waals surface area contributed by atoms with E-state index in [1.807, 2.05) is 0 Å². The summed E-state index contributed by atoms with van der Waals surface area (Å²) in [5, 5.41) is 3.88. The number of carbonyl (C=O) groups is 1. The highest BCUT2D eigenvalue weighted by atomic mass is 16.2. The Bertz CT molecular complexity index is 349. The minimum absolute atomic E-state index is 0.268. The first-order valence-electron chi connectivity index (χ1n) is 6.07. The molecule has 1 rings (SSSR count). The maximum Gasteiger partial charge on any atom is 0.289 e. The average molecular weight is 233 g/mol. The number of rotatable bonds is 7. The second-order valence-corrected chi connectivity index (χ2v) is 3.82. The van der Waals surface area contributed by atoms with Crippen molar-refractivity contribution >= 4 is 12.1 Å². The largest absolute Gasteiger partial charge is 0.289 e. The summed E-state index contributed by atoms with van der Waals surface area (Å²) in [6.45, 7) is 2.18. The molecule has 0 saturated heterocycles. The monoisotopic (exact) mass is 233 g/mol. The van der Waals surface area contributed by atoms with Gasteiger partial charge < -0.3 is 0 Å². The SMILES string of the molecule is CCCCCCC=NNC(=O)c1ccccn1. The van der Waals surface area contributed by atoms with Crippen LogP contribution in [0.5, 0.6) is 0 Å². The van der Waals surface area contributed by atoms with Crippen LogP contribution in [0, 0.1) is 0 Å². The van der Waals surface area contributed by atoms with E-state index in [2.05, 4.69) is 22.4 Å². The van der Waals surface area contributed by atoms with Crippen LogP contribution in [0.4, 0.5) is 0 Å². The Morgan fingerprint density at radius 2 is 2.29 bits per heavy atom. The third-order valence-corrected chi connectivity index (χ3v) is 2.34. The zero-order valence-electron chi connectivity index (χ0n) is 10.2. The fourth-order valence-electron chi connectivity index (χ4n) is 1.39. The predicted molar refractivity (Wildman–Crippen MR) is 69.0 cm³/mol. The molecule has 0 aliphatic rings. The molecule has 0 fully saturated rings. The van der Waals surface area contributed by atoms with Crippen LogP contribution < -0.4 is 5.43 Å². The standard InChI is InChI=1S/C13H19N3O/c1-2-3-4-5-7-11-15-16-13(17)12-9-6-8-10-14-12/h6,8-11H,2-5,7H2,1H3,(H,16,17). The van der Waals surface area contributed by atoms with Gasteiger partial charge in [-0.15, -0.1) is 0 Å². The predicted octanol–water partition coefficient (Wildman–Crippen LogP) is 2.77. The van der Waals surface area contributed by atoms with Crippen molar-refractivity contribution in [2.45, 2.75) is 39.0 Å². The van der Waals surface area contributed by atoms with Gasteiger partial charge in [0, 0.05) is 12.4 Å². The van der Waals surface area contributed by atoms with Gasteiger partial charge in [0.1, 0.15) is 5.69 Å². The van der Waals surface area contributed by atoms with Gasteiger partial charge in [-0.1, -0.05) is 32.3 Å². The van der Waals surface area contributed by atoms with Crippen LogP contribution >= 0.6 is 0 Å². The third-order valence-electron chi connectivity index (χ3n) is 2.34. The topological polar surface area (TPSA) is 54.4 Å². The molecule has 1 amide bonds. The fourth-order valence-corrected chi connectivity index (χ4v) is 1.39. The highest BCUT2D eigenvalue weighted by Gasteiger charge is 2.02. The Hall–Kier alpha value is -1.71. The number of pyridine rings is 1. The van der Waals surface area contributed by atoms with E-state index >= 15 is 0 Å². The molecule has 0 saturated carbocycles. The Labute approximate surface area is 102 Å². The van der Waals surface area contributed by atoms with Crippen LogP contribution in [0.3, 0.4) is 0 Å². The number of hydrogen-bond acceptors (Lipinski definition) is 3. The van der Waals surface area contributed by atoms with E-state index in [-0.39, 0.29) is 5.91 Å². The van der Waals surface area contributed by atoms with Gasteiger partial charge in [-0.2, -0.15) is 5.10 Å². The molecule has 1 aromatic heterocycles. The van der Waals surface area contributed by atoms with Crippen LogP contribution in [-0.2, 0) is 0 Å². The van der Waals surface area contributed by atoms with Crippen LogP contribution in [0.25, 0.3) is 0 Å². The molecule has 0 bridgehead atoms. The van der Waals surface area contributed by atoms with E-state index in [1.165, 1.54) is 19.3 Å². The zero-order valence-corrected chi connectivity index (χ0v) is 10.2. The smallest absolute Gasteiger partial charge is 0.266 e. The summed E-state index contributed by atoms with van der Waals surface area (Å²) in [4.78, 5) is 15.4. The quantitative estimate of drug-likeness (QED) is 0.447. The highest BCUT2D eigenvalue weighted by molar-refractivity contribution is 5.92. The Morgan fingerprint density at radius 1 is 1.41 bits per heavy atom. The summed E-state index contributed by atoms with van der Waals surface area (Å²) in [6.07, 6.45) is 9.07. The van der Waals surface area contributed by atoms with Crippen molar-refractivity contribution < 1.29 is 4.79 Å². The van der Waals surface area contributed by atoms with E-state index in [4.69, 9.17) is 0 Å². The minimum atomic E-state index is -0.268. The molecule has 1 N–H and O–H groups in total. The van der Waals surface area contributed by atoms with Crippen molar-refractivity contribution in [3.63, 3.8) is 0 Å². The van der Waals surface area contributed by atoms with Crippen LogP contribution in [0.15, 0.2) is 29.5 Å². The first-order valence-corrected chi connectivity index (χ1v) is 6.07. The Kier molecular flexibility index (Phi) is 6.63. The molecule has 0 atom stereocenters. The highest BCUT2D eigenvalue weighted by Crippen LogP contribution is 2.00. The molecular formula is C13H19N3O. The molecule has 0 unspecified atom stereocenters. The summed E-state index contributed by atoms with van der Waals surface area (Å²) >= 11 is 0. The summed E-state index contributed by atoms with van der Waals surface area (Å²) in [7, 11) is 0. The van der Waals surface area contributed by atoms with Crippen molar-refractivity contribution in [3.8, 4) is 0 Å². The van der Waals surface area contributed by atoms with E-state index in [1.54, 1.807) is 30.6 Å². The molecule has 17 heavy (non-hydrogen) atoms. The van der Waals surface area contributed by atoms with Crippen molar-refractivity contribution in [3.05, 3.63) is 30.1 Å². The number of hydrazone groups is 1. The molecule has 0 aliphatic carbocycles. The number of carbonyl (C=O) groups excluding carboxylic acids is 1. The fraction of sp³-hybridized carbons (Fsp3) is 0.462. The molecule has 0 radical (unpaired) electrons. The second kappa shape index (κ2) is 8.44. The van der Waals surface area contributed by atoms with Crippen molar-refractivity contribution in [2.24, 2.45) is 5.10 Å². The second-order valence-electron chi connectivity index (χ2n) is 3.82. The lowest BCUT2D eigenvalue weighted by molar-refractivity contribution is 0.0950. The van der Waals surface area contributed by atoms with Gasteiger partial charge in [0.05, 0.1) is 0 Å². The molecule has 4 nitrogen and oxygen atoms in total. The van der Waals surface area contributed by atoms with Crippen molar-refractivity contribution in [2.75, 3.05) is 0 Å². The zero-order chi connectivity index (χ0) is 12.3. The third kappa shape index (κ3) is 5.80. The van der Waals surface area contributed by atoms with Gasteiger partial charge in [0.2, 0.25) is 0 Å². The van der Waals surface area contributed by atoms with Crippen LogP contribution in [-0.4, -0.2) is 17.1 Å². The van der Waals surface area contributed by atoms with Crippen molar-refractivity contribution in [1.29, 1.82) is 0 Å². The lowest BCUT2D eigenvalue weighted by Crippen LogP contribution is -2.18. The molecule has 4 heteroatoms. The number of unbranched alkanes of at least 4 members (excludes halogenated alkanes) is 4. The van der Waals surface area contributed by atoms with Gasteiger partial charge in [0.25, 0.3) is 5.91 Å². The number of amides is 1. The summed E-state index contributed by atoms with van der Waals surface area (Å²) in [5.74, 6) is -0.268. The maximum absolute atomic E-state index is 11.5. The van der Waals surface area contributed by atoms with Gasteiger partial charge >= 0.3 is 0 Å². The van der Waals surface area contributed by atoms with Crippen LogP contribution in [0.1, 0.15) is 49.5 Å². The Balaban J connectivity index is 2.18. The van der Waals surface area contributed by atoms with E-state index in [0.717, 1.165) is 12.8 Å². The van der Waals surface area contributed by atoms with E-state index in [9.17, 15) is 4.79 Å². The molecule has 0 aromatic carbocycles. The summed E-state index contributed by atoms with van der Waals surface area (Å²) < 4.78 is 0. The summed E-state index contributed by atoms with van der Waals surface area (Å²) in [6, 6.07) is 5.20. The average Bonchev–Trinajstić information content (AvgIpc) is 2.38. The minimum Gasteiger partial charge on any atom is -0.266 e. The molecule has 0 spiro atoms. The van der Waals surface area contributed by atoms with E-state index < -0.39 is 0 Å². The number of nitrogens with zero attached hydrogens (tertiary/aromatic N) is 2. The van der Waals surface area contributed by atoms with Crippen LogP contribution in [0.2, 0.25) is 0 Å². The van der Waals surface area contributed by atoms with E-state index in [0.29, 0.717) is 5.69 Å². The number of nitrogens with one attached hydrogen (secondary N) is 1. The Morgan fingerprint density at radius 3 is 3.00 bits per heavy atom. The normalized spacial score (nSPS) is 10.6. The lowest BCUT2D eigenvalue weighted by atomic mass is 10.2. The number of hydrogen-bond donors (Lipinski definition) is 1. The van der Waals surface area contributed by atoms with Gasteiger partial charge in [-0.3, -0.25) is 9.78 Å². The summed E-state index contributed by atoms with van der Waals surface area (Å²) in [5.41, 5.74) is 2.84. The molecule has 1 heterocycles. The van der Waals surface area contributed by atoms with Crippen molar-refractivity contribution in [1.82, 2.24) is 10.4 Å². The molecule has 92 valence electrons.